The van der Waals surface area contributed by atoms with E-state index in [1.807, 2.05) is 0 Å². The van der Waals surface area contributed by atoms with E-state index < -0.39 is 42.7 Å². The van der Waals surface area contributed by atoms with Crippen LogP contribution in [0.1, 0.15) is 11.4 Å². The van der Waals surface area contributed by atoms with Gasteiger partial charge in [-0.1, -0.05) is 72.8 Å². The normalized spacial score (nSPS) is 11.3. The third-order valence-electron chi connectivity index (χ3n) is 7.11. The molecular weight excluding hydrogens is 892 g/mol. The van der Waals surface area contributed by atoms with Crippen LogP contribution in [0.2, 0.25) is 10.0 Å². The van der Waals surface area contributed by atoms with Crippen LogP contribution in [-0.4, -0.2) is 26.2 Å². The monoisotopic (exact) mass is 915 g/mol. The molecule has 0 aliphatic carbocycles. The van der Waals surface area contributed by atoms with Crippen LogP contribution < -0.4 is 101 Å². The summed E-state index contributed by atoms with van der Waals surface area (Å²) in [7, 11) is -8.02. The molecule has 4 aromatic carbocycles. The average Bonchev–Trinajstić information content (AvgIpc) is 3.55. The summed E-state index contributed by atoms with van der Waals surface area (Å²) >= 11 is 11.8. The number of hydrogen-bond donors (Lipinski definition) is 2. The number of primary sulfonamides is 2. The third-order valence-corrected chi connectivity index (χ3v) is 9.41. The van der Waals surface area contributed by atoms with Gasteiger partial charge in [0.25, 0.3) is 11.1 Å². The Morgan fingerprint density at radius 1 is 0.596 bits per heavy atom. The summed E-state index contributed by atoms with van der Waals surface area (Å²) in [5.74, 6) is -1.14. The Morgan fingerprint density at radius 2 is 0.947 bits per heavy atom. The van der Waals surface area contributed by atoms with Crippen LogP contribution in [-0.2, 0) is 36.8 Å². The number of benzene rings is 4. The first-order valence-electron chi connectivity index (χ1n) is 14.9. The molecule has 0 bridgehead atoms. The number of aryl methyl sites for hydroxylation is 2. The molecule has 1 radical (unpaired) electrons. The standard InChI is InChI=1S/2C16H14ClN5O4S.Co.2Na/c2*1-9-15(16(24)22(21-9)11-4-2-3-10(17)7-11)20-19-13-8-12(27(18,25)26)5-6-14(13)23;;;/h2*2-8H,1H3,(H4,18,19,20,21,23,24,25,26);;;/q;;+2;2*+1/p-4. The minimum atomic E-state index is -4.01. The molecule has 0 unspecified atom stereocenters. The van der Waals surface area contributed by atoms with Crippen LogP contribution in [0, 0.1) is 13.8 Å². The van der Waals surface area contributed by atoms with Gasteiger partial charge in [-0.25, -0.2) is 27.1 Å². The zero-order valence-electron chi connectivity index (χ0n) is 30.0. The Kier molecular flexibility index (Phi) is 17.9. The first-order valence-corrected chi connectivity index (χ1v) is 18.7. The van der Waals surface area contributed by atoms with Crippen molar-refractivity contribution in [2.45, 2.75) is 23.6 Å². The quantitative estimate of drug-likeness (QED) is 0.123. The van der Waals surface area contributed by atoms with Crippen molar-refractivity contribution in [1.82, 2.24) is 19.6 Å². The largest absolute Gasteiger partial charge is 2.00 e. The number of hydrogen-bond acceptors (Lipinski definition) is 12. The van der Waals surface area contributed by atoms with Gasteiger partial charge in [-0.3, -0.25) is 9.59 Å². The van der Waals surface area contributed by atoms with Crippen molar-refractivity contribution >= 4 is 66.0 Å². The van der Waals surface area contributed by atoms with Gasteiger partial charge in [-0.15, -0.1) is 21.6 Å². The summed E-state index contributed by atoms with van der Waals surface area (Å²) in [5.41, 5.74) is -0.396. The van der Waals surface area contributed by atoms with Gasteiger partial charge in [0.1, 0.15) is 11.4 Å². The minimum absolute atomic E-state index is 0. The van der Waals surface area contributed by atoms with Gasteiger partial charge in [-0.2, -0.15) is 10.2 Å². The number of azo groups is 2. The zero-order chi connectivity index (χ0) is 39.5. The van der Waals surface area contributed by atoms with Crippen molar-refractivity contribution in [3.8, 4) is 22.9 Å². The molecule has 2 heterocycles. The molecule has 0 fully saturated rings. The van der Waals surface area contributed by atoms with Crippen molar-refractivity contribution < 1.29 is 103 Å². The van der Waals surface area contributed by atoms with Crippen molar-refractivity contribution in [3.63, 3.8) is 0 Å². The SMILES string of the molecule is Cc1[n-]n(-c2cccc(Cl)c2)c(=O)c1N=Nc1cc(S(N)(=O)=O)ccc1[O-].Cc1[n-]n(-c2cccc(Cl)c2)c(=O)c1N=Nc1cc(S(N)(=O)=O)ccc1[O-].[Co+2].[Na+].[Na+]. The van der Waals surface area contributed by atoms with Crippen LogP contribution in [0.15, 0.2) is 125 Å². The Balaban J connectivity index is 0.000000374. The molecule has 2 aromatic heterocycles. The van der Waals surface area contributed by atoms with Crippen molar-refractivity contribution in [2.75, 3.05) is 0 Å². The van der Waals surface area contributed by atoms with Crippen LogP contribution in [0.25, 0.3) is 11.4 Å². The van der Waals surface area contributed by atoms with Crippen LogP contribution in [0.4, 0.5) is 22.7 Å². The number of nitrogens with two attached hydrogens (primary N) is 2. The second-order valence-corrected chi connectivity index (χ2v) is 15.0. The number of aromatic nitrogens is 4. The molecule has 0 saturated carbocycles. The summed E-state index contributed by atoms with van der Waals surface area (Å²) < 4.78 is 47.8. The smallest absolute Gasteiger partial charge is 0.871 e. The van der Waals surface area contributed by atoms with Crippen molar-refractivity contribution in [2.24, 2.45) is 30.7 Å². The van der Waals surface area contributed by atoms with E-state index in [0.717, 1.165) is 45.8 Å². The molecule has 57 heavy (non-hydrogen) atoms. The Hall–Kier alpha value is -3.39. The Morgan fingerprint density at radius 3 is 1.26 bits per heavy atom. The maximum Gasteiger partial charge on any atom is 2.00 e. The summed E-state index contributed by atoms with van der Waals surface area (Å²) in [6, 6.07) is 19.2. The minimum Gasteiger partial charge on any atom is -0.871 e. The maximum absolute atomic E-state index is 12.5. The molecule has 0 amide bonds. The van der Waals surface area contributed by atoms with E-state index >= 15 is 0 Å². The van der Waals surface area contributed by atoms with Gasteiger partial charge in [0, 0.05) is 21.4 Å². The second-order valence-electron chi connectivity index (χ2n) is 11.0. The third kappa shape index (κ3) is 12.3. The van der Waals surface area contributed by atoms with E-state index in [1.54, 1.807) is 62.4 Å². The van der Waals surface area contributed by atoms with E-state index in [-0.39, 0.29) is 120 Å². The van der Waals surface area contributed by atoms with Crippen molar-refractivity contribution in [3.05, 3.63) is 127 Å². The van der Waals surface area contributed by atoms with E-state index in [9.17, 15) is 36.6 Å². The summed E-state index contributed by atoms with van der Waals surface area (Å²) in [5, 5.41) is 57.8. The van der Waals surface area contributed by atoms with Gasteiger partial charge >= 0.3 is 75.9 Å². The molecule has 6 rings (SSSR count). The molecule has 18 nitrogen and oxygen atoms in total. The number of halogens is 2. The maximum atomic E-state index is 12.5. The van der Waals surface area contributed by atoms with Crippen LogP contribution >= 0.6 is 23.2 Å². The fourth-order valence-corrected chi connectivity index (χ4v) is 5.94. The van der Waals surface area contributed by atoms with E-state index in [0.29, 0.717) is 21.4 Å². The fourth-order valence-electron chi connectivity index (χ4n) is 4.50. The summed E-state index contributed by atoms with van der Waals surface area (Å²) in [6.07, 6.45) is 0. The predicted molar refractivity (Wildman–Crippen MR) is 193 cm³/mol. The van der Waals surface area contributed by atoms with Crippen LogP contribution in [0.5, 0.6) is 11.5 Å². The van der Waals surface area contributed by atoms with E-state index in [1.165, 1.54) is 0 Å². The van der Waals surface area contributed by atoms with Crippen molar-refractivity contribution in [1.29, 1.82) is 0 Å². The average molecular weight is 917 g/mol. The molecule has 287 valence electrons. The molecule has 0 aliphatic rings. The molecule has 0 aliphatic heterocycles. The summed E-state index contributed by atoms with van der Waals surface area (Å²) in [4.78, 5) is 24.5. The first-order chi connectivity index (χ1) is 25.3. The second kappa shape index (κ2) is 20.5. The van der Waals surface area contributed by atoms with E-state index in [4.69, 9.17) is 33.5 Å². The fraction of sp³-hybridized carbons (Fsp3) is 0.0625. The van der Waals surface area contributed by atoms with Crippen LogP contribution in [0.3, 0.4) is 0 Å². The van der Waals surface area contributed by atoms with Gasteiger partial charge in [0.05, 0.1) is 21.2 Å². The van der Waals surface area contributed by atoms with E-state index in [2.05, 4.69) is 30.7 Å². The van der Waals surface area contributed by atoms with Gasteiger partial charge < -0.3 is 29.8 Å². The van der Waals surface area contributed by atoms with Gasteiger partial charge in [0.2, 0.25) is 20.0 Å². The first kappa shape index (κ1) is 49.8. The zero-order valence-corrected chi connectivity index (χ0v) is 38.2. The topological polar surface area (TPSA) is 288 Å². The molecule has 0 spiro atoms. The van der Waals surface area contributed by atoms with Gasteiger partial charge in [0.15, 0.2) is 0 Å². The molecular formula is C32H24Cl2CoN10Na2O8S2. The molecule has 25 heteroatoms. The number of nitrogens with zero attached hydrogens (tertiary/aromatic N) is 8. The molecule has 0 saturated heterocycles. The predicted octanol–water partition coefficient (Wildman–Crippen LogP) is -2.21. The molecule has 0 atom stereocenters. The summed E-state index contributed by atoms with van der Waals surface area (Å²) in [6.45, 7) is 3.10. The number of rotatable bonds is 8. The molecule has 4 N–H and O–H groups in total. The Labute approximate surface area is 388 Å². The molecule has 6 aromatic rings. The van der Waals surface area contributed by atoms with Gasteiger partial charge in [-0.05, 0) is 60.7 Å². The number of sulfonamides is 2. The Bertz CT molecular complexity index is 2640.